The third-order valence-electron chi connectivity index (χ3n) is 5.66. The van der Waals surface area contributed by atoms with E-state index >= 15 is 0 Å². The van der Waals surface area contributed by atoms with Crippen LogP contribution < -0.4 is 10.6 Å². The van der Waals surface area contributed by atoms with Crippen LogP contribution in [0.3, 0.4) is 0 Å². The van der Waals surface area contributed by atoms with Crippen LogP contribution in [0.25, 0.3) is 0 Å². The number of benzene rings is 1. The molecule has 2 aliphatic rings. The van der Waals surface area contributed by atoms with E-state index in [0.717, 1.165) is 24.7 Å². The molecule has 0 aliphatic heterocycles. The molecule has 2 aliphatic carbocycles. The number of hydrogen-bond acceptors (Lipinski definition) is 2. The highest BCUT2D eigenvalue weighted by molar-refractivity contribution is 5.74. The highest BCUT2D eigenvalue weighted by Crippen LogP contribution is 2.49. The van der Waals surface area contributed by atoms with Crippen molar-refractivity contribution in [3.63, 3.8) is 0 Å². The van der Waals surface area contributed by atoms with Gasteiger partial charge < -0.3 is 15.7 Å². The Morgan fingerprint density at radius 3 is 2.70 bits per heavy atom. The highest BCUT2D eigenvalue weighted by atomic mass is 16.3. The summed E-state index contributed by atoms with van der Waals surface area (Å²) in [6.45, 7) is 2.83. The van der Waals surface area contributed by atoms with Gasteiger partial charge in [-0.05, 0) is 74.5 Å². The standard InChI is InChI=1S/C19H28N2O2/c1-13(18-12-15-4-7-16(18)11-15)21-19(23)20-10-2-3-14-5-8-17(22)9-6-14/h5-6,8-9,13,15-16,18,22H,2-4,7,10-12H2,1H3,(H2,20,21,23). The second-order valence-corrected chi connectivity index (χ2v) is 7.30. The van der Waals surface area contributed by atoms with Gasteiger partial charge in [-0.1, -0.05) is 18.6 Å². The van der Waals surface area contributed by atoms with Gasteiger partial charge in [0.2, 0.25) is 0 Å². The first-order chi connectivity index (χ1) is 11.1. The van der Waals surface area contributed by atoms with E-state index in [-0.39, 0.29) is 12.1 Å². The first-order valence-electron chi connectivity index (χ1n) is 8.94. The monoisotopic (exact) mass is 316 g/mol. The number of fused-ring (bicyclic) bond motifs is 2. The summed E-state index contributed by atoms with van der Waals surface area (Å²) in [4.78, 5) is 12.0. The Balaban J connectivity index is 1.32. The molecule has 3 rings (SSSR count). The lowest BCUT2D eigenvalue weighted by Crippen LogP contribution is -2.45. The van der Waals surface area contributed by atoms with Gasteiger partial charge in [0.1, 0.15) is 5.75 Å². The maximum Gasteiger partial charge on any atom is 0.315 e. The summed E-state index contributed by atoms with van der Waals surface area (Å²) in [6, 6.07) is 7.49. The first-order valence-corrected chi connectivity index (χ1v) is 8.94. The van der Waals surface area contributed by atoms with Gasteiger partial charge in [-0.15, -0.1) is 0 Å². The maximum atomic E-state index is 12.0. The van der Waals surface area contributed by atoms with E-state index in [1.165, 1.54) is 31.2 Å². The van der Waals surface area contributed by atoms with Crippen molar-refractivity contribution in [2.24, 2.45) is 17.8 Å². The van der Waals surface area contributed by atoms with E-state index in [4.69, 9.17) is 0 Å². The van der Waals surface area contributed by atoms with E-state index in [1.807, 2.05) is 12.1 Å². The van der Waals surface area contributed by atoms with Crippen LogP contribution in [-0.2, 0) is 6.42 Å². The lowest BCUT2D eigenvalue weighted by molar-refractivity contribution is 0.220. The summed E-state index contributed by atoms with van der Waals surface area (Å²) in [7, 11) is 0. The second kappa shape index (κ2) is 7.24. The fourth-order valence-corrected chi connectivity index (χ4v) is 4.43. The van der Waals surface area contributed by atoms with Crippen molar-refractivity contribution in [3.8, 4) is 5.75 Å². The maximum absolute atomic E-state index is 12.0. The summed E-state index contributed by atoms with van der Waals surface area (Å²) in [5, 5.41) is 15.3. The third-order valence-corrected chi connectivity index (χ3v) is 5.66. The molecule has 0 aromatic heterocycles. The Kier molecular flexibility index (Phi) is 5.09. The Hall–Kier alpha value is -1.71. The molecule has 0 saturated heterocycles. The van der Waals surface area contributed by atoms with Gasteiger partial charge in [-0.3, -0.25) is 0 Å². The number of aryl methyl sites for hydroxylation is 1. The third kappa shape index (κ3) is 4.18. The SMILES string of the molecule is CC(NC(=O)NCCCc1ccc(O)cc1)C1CC2CCC1C2. The van der Waals surface area contributed by atoms with E-state index in [9.17, 15) is 9.90 Å². The smallest absolute Gasteiger partial charge is 0.315 e. The fraction of sp³-hybridized carbons (Fsp3) is 0.632. The Morgan fingerprint density at radius 2 is 2.04 bits per heavy atom. The van der Waals surface area contributed by atoms with Crippen LogP contribution in [0.2, 0.25) is 0 Å². The zero-order chi connectivity index (χ0) is 16.2. The predicted octanol–water partition coefficient (Wildman–Crippen LogP) is 3.45. The summed E-state index contributed by atoms with van der Waals surface area (Å²) >= 11 is 0. The van der Waals surface area contributed by atoms with Crippen molar-refractivity contribution in [2.75, 3.05) is 6.54 Å². The molecule has 4 heteroatoms. The van der Waals surface area contributed by atoms with E-state index in [2.05, 4.69) is 17.6 Å². The van der Waals surface area contributed by atoms with Crippen LogP contribution in [0.4, 0.5) is 4.79 Å². The molecule has 4 nitrogen and oxygen atoms in total. The number of carbonyl (C=O) groups excluding carboxylic acids is 1. The Labute approximate surface area is 138 Å². The minimum Gasteiger partial charge on any atom is -0.508 e. The molecule has 1 aromatic carbocycles. The molecule has 4 atom stereocenters. The molecular formula is C19H28N2O2. The lowest BCUT2D eigenvalue weighted by Gasteiger charge is -2.28. The molecule has 2 bridgehead atoms. The number of nitrogens with one attached hydrogen (secondary N) is 2. The molecule has 0 spiro atoms. The van der Waals surface area contributed by atoms with Crippen LogP contribution >= 0.6 is 0 Å². The second-order valence-electron chi connectivity index (χ2n) is 7.30. The zero-order valence-corrected chi connectivity index (χ0v) is 13.9. The van der Waals surface area contributed by atoms with Crippen LogP contribution in [-0.4, -0.2) is 23.7 Å². The van der Waals surface area contributed by atoms with Crippen molar-refractivity contribution in [1.82, 2.24) is 10.6 Å². The molecule has 0 radical (unpaired) electrons. The summed E-state index contributed by atoms with van der Waals surface area (Å²) in [5.41, 5.74) is 1.18. The molecule has 1 aromatic rings. The van der Waals surface area contributed by atoms with Gasteiger partial charge in [-0.2, -0.15) is 0 Å². The summed E-state index contributed by atoms with van der Waals surface area (Å²) in [5.74, 6) is 2.73. The van der Waals surface area contributed by atoms with Gasteiger partial charge in [0.05, 0.1) is 0 Å². The molecule has 2 fully saturated rings. The van der Waals surface area contributed by atoms with Crippen molar-refractivity contribution in [1.29, 1.82) is 0 Å². The molecule has 3 N–H and O–H groups in total. The molecule has 126 valence electrons. The molecule has 23 heavy (non-hydrogen) atoms. The number of urea groups is 1. The number of carbonyl (C=O) groups is 1. The van der Waals surface area contributed by atoms with Crippen molar-refractivity contribution >= 4 is 6.03 Å². The molecule has 2 amide bonds. The highest BCUT2D eigenvalue weighted by Gasteiger charge is 2.42. The molecule has 2 saturated carbocycles. The minimum atomic E-state index is -0.0361. The molecular weight excluding hydrogens is 288 g/mol. The van der Waals surface area contributed by atoms with Crippen molar-refractivity contribution in [3.05, 3.63) is 29.8 Å². The van der Waals surface area contributed by atoms with Crippen LogP contribution in [0.1, 0.15) is 44.6 Å². The fourth-order valence-electron chi connectivity index (χ4n) is 4.43. The first kappa shape index (κ1) is 16.2. The lowest BCUT2D eigenvalue weighted by atomic mass is 9.84. The van der Waals surface area contributed by atoms with Gasteiger partial charge in [0.25, 0.3) is 0 Å². The number of phenols is 1. The van der Waals surface area contributed by atoms with Crippen LogP contribution in [0, 0.1) is 17.8 Å². The number of phenolic OH excluding ortho intramolecular Hbond substituents is 1. The van der Waals surface area contributed by atoms with Gasteiger partial charge in [0.15, 0.2) is 0 Å². The Morgan fingerprint density at radius 1 is 1.26 bits per heavy atom. The zero-order valence-electron chi connectivity index (χ0n) is 13.9. The average molecular weight is 316 g/mol. The van der Waals surface area contributed by atoms with Gasteiger partial charge in [0, 0.05) is 12.6 Å². The van der Waals surface area contributed by atoms with Crippen molar-refractivity contribution < 1.29 is 9.90 Å². The Bertz CT molecular complexity index is 529. The van der Waals surface area contributed by atoms with Crippen LogP contribution in [0.15, 0.2) is 24.3 Å². The predicted molar refractivity (Wildman–Crippen MR) is 91.4 cm³/mol. The minimum absolute atomic E-state index is 0.0361. The van der Waals surface area contributed by atoms with Gasteiger partial charge in [-0.25, -0.2) is 4.79 Å². The quantitative estimate of drug-likeness (QED) is 0.704. The normalized spacial score (nSPS) is 26.9. The number of amides is 2. The summed E-state index contributed by atoms with van der Waals surface area (Å²) in [6.07, 6.45) is 7.24. The molecule has 0 heterocycles. The van der Waals surface area contributed by atoms with E-state index in [0.29, 0.717) is 18.2 Å². The molecule has 4 unspecified atom stereocenters. The van der Waals surface area contributed by atoms with Gasteiger partial charge >= 0.3 is 6.03 Å². The number of rotatable bonds is 6. The van der Waals surface area contributed by atoms with Crippen molar-refractivity contribution in [2.45, 2.75) is 51.5 Å². The van der Waals surface area contributed by atoms with E-state index in [1.54, 1.807) is 12.1 Å². The van der Waals surface area contributed by atoms with Crippen LogP contribution in [0.5, 0.6) is 5.75 Å². The topological polar surface area (TPSA) is 61.4 Å². The number of aromatic hydroxyl groups is 1. The largest absolute Gasteiger partial charge is 0.508 e. The summed E-state index contributed by atoms with van der Waals surface area (Å²) < 4.78 is 0. The van der Waals surface area contributed by atoms with E-state index < -0.39 is 0 Å². The number of hydrogen-bond donors (Lipinski definition) is 3. The average Bonchev–Trinajstić information content (AvgIpc) is 3.16.